The molecular weight excluding hydrogens is 583 g/mol. The zero-order chi connectivity index (χ0) is 25.5. The third-order valence-electron chi connectivity index (χ3n) is 7.66. The largest absolute Gasteiger partial charge is 1.00 e. The van der Waals surface area contributed by atoms with Crippen LogP contribution in [0.25, 0.3) is 6.08 Å². The van der Waals surface area contributed by atoms with Crippen LogP contribution in [0.2, 0.25) is 0 Å². The molecule has 2 aliphatic heterocycles. The van der Waals surface area contributed by atoms with Gasteiger partial charge in [-0.05, 0) is 61.6 Å². The minimum atomic E-state index is -0.537. The van der Waals surface area contributed by atoms with Crippen molar-refractivity contribution in [1.82, 2.24) is 5.32 Å². The van der Waals surface area contributed by atoms with Gasteiger partial charge in [-0.25, -0.2) is 4.79 Å². The number of rotatable bonds is 8. The lowest BCUT2D eigenvalue weighted by molar-refractivity contribution is -0.947. The zero-order valence-corrected chi connectivity index (χ0v) is 24.0. The first-order valence-corrected chi connectivity index (χ1v) is 12.7. The second-order valence-electron chi connectivity index (χ2n) is 9.98. The Kier molecular flexibility index (Phi) is 10.4. The number of amides is 1. The van der Waals surface area contributed by atoms with E-state index < -0.39 is 5.97 Å². The van der Waals surface area contributed by atoms with Gasteiger partial charge in [0.05, 0.1) is 40.4 Å². The van der Waals surface area contributed by atoms with Crippen molar-refractivity contribution < 1.29 is 52.3 Å². The minimum absolute atomic E-state index is 0. The molecule has 0 bridgehead atoms. The number of methoxy groups -OCH3 is 2. The predicted octanol–water partition coefficient (Wildman–Crippen LogP) is 1.43. The van der Waals surface area contributed by atoms with Crippen molar-refractivity contribution in [1.29, 1.82) is 0 Å². The number of ether oxygens (including phenoxy) is 3. The number of carbonyl (C=O) groups excluding carboxylic acids is 2. The van der Waals surface area contributed by atoms with Crippen LogP contribution < -0.4 is 38.8 Å². The van der Waals surface area contributed by atoms with E-state index in [9.17, 15) is 9.59 Å². The fourth-order valence-electron chi connectivity index (χ4n) is 5.73. The summed E-state index contributed by atoms with van der Waals surface area (Å²) in [5.74, 6) is 0.543. The molecule has 200 valence electrons. The quantitative estimate of drug-likeness (QED) is 0.210. The van der Waals surface area contributed by atoms with Crippen LogP contribution in [-0.4, -0.2) is 63.4 Å². The number of quaternary nitrogens is 1. The van der Waals surface area contributed by atoms with Gasteiger partial charge in [-0.15, -0.1) is 0 Å². The van der Waals surface area contributed by atoms with Crippen LogP contribution in [0.4, 0.5) is 0 Å². The first kappa shape index (κ1) is 29.0. The molecule has 2 aliphatic rings. The number of fused-ring (bicyclic) bond motifs is 1. The van der Waals surface area contributed by atoms with Crippen LogP contribution in [0, 0.1) is 5.92 Å². The van der Waals surface area contributed by atoms with Crippen molar-refractivity contribution in [2.45, 2.75) is 38.1 Å². The van der Waals surface area contributed by atoms with E-state index in [1.165, 1.54) is 32.4 Å². The topological polar surface area (TPSA) is 73.9 Å². The maximum absolute atomic E-state index is 13.3. The van der Waals surface area contributed by atoms with Gasteiger partial charge in [0.2, 0.25) is 0 Å². The number of piperidine rings is 2. The van der Waals surface area contributed by atoms with E-state index in [4.69, 9.17) is 14.2 Å². The first-order valence-electron chi connectivity index (χ1n) is 12.7. The molecule has 7 nitrogen and oxygen atoms in total. The maximum Gasteiger partial charge on any atom is 0.354 e. The number of carbonyl (C=O) groups is 2. The number of benzene rings is 2. The average Bonchev–Trinajstić information content (AvgIpc) is 2.91. The molecule has 2 saturated heterocycles. The van der Waals surface area contributed by atoms with Crippen molar-refractivity contribution >= 4 is 18.0 Å². The monoisotopic (exact) mass is 620 g/mol. The van der Waals surface area contributed by atoms with Gasteiger partial charge in [0.25, 0.3) is 5.91 Å². The van der Waals surface area contributed by atoms with Gasteiger partial charge in [-0.1, -0.05) is 24.3 Å². The third-order valence-corrected chi connectivity index (χ3v) is 7.66. The molecular formula is C29H37IN2O5. The molecule has 0 saturated carbocycles. The number of nitrogens with one attached hydrogen (secondary N) is 1. The highest BCUT2D eigenvalue weighted by Gasteiger charge is 2.44. The van der Waals surface area contributed by atoms with Gasteiger partial charge in [-0.3, -0.25) is 4.79 Å². The summed E-state index contributed by atoms with van der Waals surface area (Å²) < 4.78 is 17.7. The van der Waals surface area contributed by atoms with Crippen LogP contribution in [0.15, 0.2) is 54.2 Å². The van der Waals surface area contributed by atoms with Crippen LogP contribution in [0.1, 0.15) is 48.0 Å². The lowest BCUT2D eigenvalue weighted by atomic mass is 9.82. The molecule has 3 atom stereocenters. The van der Waals surface area contributed by atoms with Crippen LogP contribution >= 0.6 is 0 Å². The Hall–Kier alpha value is -2.59. The van der Waals surface area contributed by atoms with E-state index in [0.717, 1.165) is 17.3 Å². The Morgan fingerprint density at radius 3 is 2.43 bits per heavy atom. The van der Waals surface area contributed by atoms with Crippen LogP contribution in [0.3, 0.4) is 0 Å². The molecule has 0 aliphatic carbocycles. The molecule has 0 aromatic heterocycles. The standard InChI is InChI=1S/C29H36N2O5.HI/c1-31-16-8-7-13-25(31)23(12-9-17-31)20-36-29(33)24(30-28(32)22-10-5-4-6-11-22)18-21-14-15-26(34-2)27(19-21)35-3;/h4-6,10-11,14-15,18-19,23,25H,7-9,12-13,16-17,20H2,1-3H3;1H/b24-18+;/t23-,25?,31?;/m0./s1. The highest BCUT2D eigenvalue weighted by molar-refractivity contribution is 6.03. The lowest BCUT2D eigenvalue weighted by Crippen LogP contribution is -3.00. The van der Waals surface area contributed by atoms with E-state index in [-0.39, 0.29) is 35.6 Å². The molecule has 4 rings (SSSR count). The van der Waals surface area contributed by atoms with Gasteiger partial charge in [0.15, 0.2) is 11.5 Å². The summed E-state index contributed by atoms with van der Waals surface area (Å²) in [5, 5.41) is 2.77. The number of halogens is 1. The predicted molar refractivity (Wildman–Crippen MR) is 139 cm³/mol. The van der Waals surface area contributed by atoms with Crippen molar-refractivity contribution in [2.24, 2.45) is 5.92 Å². The molecule has 2 unspecified atom stereocenters. The molecule has 1 N–H and O–H groups in total. The highest BCUT2D eigenvalue weighted by Crippen LogP contribution is 2.36. The summed E-state index contributed by atoms with van der Waals surface area (Å²) in [7, 11) is 5.47. The normalized spacial score (nSPS) is 23.2. The van der Waals surface area contributed by atoms with E-state index in [1.807, 2.05) is 6.07 Å². The Balaban J connectivity index is 0.00000380. The van der Waals surface area contributed by atoms with Gasteiger partial charge in [0.1, 0.15) is 12.3 Å². The lowest BCUT2D eigenvalue weighted by Gasteiger charge is -2.51. The minimum Gasteiger partial charge on any atom is -1.00 e. The van der Waals surface area contributed by atoms with Crippen molar-refractivity contribution in [3.63, 3.8) is 0 Å². The third kappa shape index (κ3) is 7.04. The van der Waals surface area contributed by atoms with E-state index >= 15 is 0 Å². The first-order chi connectivity index (χ1) is 17.4. The fraction of sp³-hybridized carbons (Fsp3) is 0.448. The van der Waals surface area contributed by atoms with E-state index in [2.05, 4.69) is 12.4 Å². The summed E-state index contributed by atoms with van der Waals surface area (Å²) >= 11 is 0. The molecule has 0 radical (unpaired) electrons. The second kappa shape index (κ2) is 13.3. The van der Waals surface area contributed by atoms with Crippen LogP contribution in [0.5, 0.6) is 11.5 Å². The van der Waals surface area contributed by atoms with Gasteiger partial charge in [-0.2, -0.15) is 0 Å². The van der Waals surface area contributed by atoms with Crippen LogP contribution in [-0.2, 0) is 9.53 Å². The summed E-state index contributed by atoms with van der Waals surface area (Å²) in [4.78, 5) is 26.2. The SMILES string of the molecule is COc1ccc(/C=C(/NC(=O)c2ccccc2)C(=O)OC[C@@H]2CCC[N+]3(C)CCCCC23)cc1OC.[I-]. The second-order valence-corrected chi connectivity index (χ2v) is 9.98. The molecule has 2 fully saturated rings. The number of hydrogen-bond donors (Lipinski definition) is 1. The van der Waals surface area contributed by atoms with Crippen molar-refractivity contribution in [2.75, 3.05) is 41.0 Å². The Bertz CT molecular complexity index is 1100. The summed E-state index contributed by atoms with van der Waals surface area (Å²) in [5.41, 5.74) is 1.24. The number of hydrogen-bond acceptors (Lipinski definition) is 5. The summed E-state index contributed by atoms with van der Waals surface area (Å²) in [6, 6.07) is 14.7. The molecule has 8 heteroatoms. The molecule has 0 spiro atoms. The number of nitrogens with zero attached hydrogens (tertiary/aromatic N) is 1. The smallest absolute Gasteiger partial charge is 0.354 e. The molecule has 37 heavy (non-hydrogen) atoms. The van der Waals surface area contributed by atoms with Gasteiger partial charge < -0.3 is 48.0 Å². The van der Waals surface area contributed by atoms with Gasteiger partial charge in [0, 0.05) is 17.9 Å². The van der Waals surface area contributed by atoms with E-state index in [1.54, 1.807) is 62.8 Å². The molecule has 1 amide bonds. The maximum atomic E-state index is 13.3. The molecule has 2 aromatic rings. The summed E-state index contributed by atoms with van der Waals surface area (Å²) in [6.07, 6.45) is 7.51. The average molecular weight is 621 g/mol. The molecule has 2 heterocycles. The van der Waals surface area contributed by atoms with Gasteiger partial charge >= 0.3 is 5.97 Å². The molecule has 2 aromatic carbocycles. The fourth-order valence-corrected chi connectivity index (χ4v) is 5.73. The Morgan fingerprint density at radius 2 is 1.70 bits per heavy atom. The Morgan fingerprint density at radius 1 is 0.973 bits per heavy atom. The zero-order valence-electron chi connectivity index (χ0n) is 21.9. The van der Waals surface area contributed by atoms with Crippen molar-refractivity contribution in [3.8, 4) is 11.5 Å². The number of esters is 1. The highest BCUT2D eigenvalue weighted by atomic mass is 127. The van der Waals surface area contributed by atoms with E-state index in [0.29, 0.717) is 41.2 Å². The van der Waals surface area contributed by atoms with Crippen molar-refractivity contribution in [3.05, 3.63) is 65.4 Å². The Labute approximate surface area is 236 Å². The summed E-state index contributed by atoms with van der Waals surface area (Å²) in [6.45, 7) is 2.77.